The number of rotatable bonds is 6. The van der Waals surface area contributed by atoms with Gasteiger partial charge in [-0.2, -0.15) is 0 Å². The average Bonchev–Trinajstić information content (AvgIpc) is 3.53. The van der Waals surface area contributed by atoms with Crippen LogP contribution in [0.15, 0.2) is 48.5 Å². The smallest absolute Gasteiger partial charge is 0.251 e. The van der Waals surface area contributed by atoms with Gasteiger partial charge in [0.2, 0.25) is 5.91 Å². The molecule has 2 N–H and O–H groups in total. The van der Waals surface area contributed by atoms with Crippen LogP contribution >= 0.6 is 0 Å². The number of hydrogen-bond donors (Lipinski definition) is 2. The summed E-state index contributed by atoms with van der Waals surface area (Å²) in [5, 5.41) is 5.81. The van der Waals surface area contributed by atoms with Gasteiger partial charge in [0.15, 0.2) is 0 Å². The summed E-state index contributed by atoms with van der Waals surface area (Å²) in [6.45, 7) is 1.93. The summed E-state index contributed by atoms with van der Waals surface area (Å²) in [5.74, 6) is -0.544. The van der Waals surface area contributed by atoms with Crippen molar-refractivity contribution in [3.05, 3.63) is 65.5 Å². The first kappa shape index (κ1) is 19.5. The Morgan fingerprint density at radius 3 is 2.69 bits per heavy atom. The Hall–Kier alpha value is -2.77. The molecule has 2 aromatic rings. The molecule has 7 heteroatoms. The Labute approximate surface area is 169 Å². The van der Waals surface area contributed by atoms with E-state index in [4.69, 9.17) is 4.74 Å². The number of nitrogens with zero attached hydrogens (tertiary/aromatic N) is 1. The van der Waals surface area contributed by atoms with Crippen LogP contribution < -0.4 is 10.6 Å². The highest BCUT2D eigenvalue weighted by molar-refractivity contribution is 5.97. The van der Waals surface area contributed by atoms with Crippen LogP contribution in [-0.4, -0.2) is 49.0 Å². The van der Waals surface area contributed by atoms with Gasteiger partial charge in [-0.15, -0.1) is 0 Å². The third-order valence-electron chi connectivity index (χ3n) is 5.08. The number of carbonyl (C=O) groups is 2. The van der Waals surface area contributed by atoms with Crippen LogP contribution in [0.25, 0.3) is 0 Å². The number of hydrogen-bond acceptors (Lipinski definition) is 4. The molecule has 0 unspecified atom stereocenters. The Kier molecular flexibility index (Phi) is 5.87. The quantitative estimate of drug-likeness (QED) is 0.786. The first-order valence-electron chi connectivity index (χ1n) is 9.87. The summed E-state index contributed by atoms with van der Waals surface area (Å²) in [6.07, 6.45) is 1.87. The normalized spacial score (nSPS) is 19.6. The highest BCUT2D eigenvalue weighted by Gasteiger charge is 2.25. The number of amides is 2. The second-order valence-corrected chi connectivity index (χ2v) is 7.52. The first-order chi connectivity index (χ1) is 14.1. The van der Waals surface area contributed by atoms with Gasteiger partial charge < -0.3 is 15.4 Å². The number of ether oxygens (including phenoxy) is 1. The topological polar surface area (TPSA) is 70.7 Å². The molecule has 2 aromatic carbocycles. The van der Waals surface area contributed by atoms with Crippen LogP contribution in [0.1, 0.15) is 34.9 Å². The molecule has 1 atom stereocenters. The summed E-state index contributed by atoms with van der Waals surface area (Å²) in [4.78, 5) is 26.7. The van der Waals surface area contributed by atoms with E-state index in [9.17, 15) is 14.0 Å². The lowest BCUT2D eigenvalue weighted by molar-refractivity contribution is -0.119. The standard InChI is InChI=1S/C22H24FN3O3/c23-17-6-4-15(5-7-17)20-13-26(10-11-29-20)14-21(27)24-19-3-1-2-16(12-19)22(28)25-18-8-9-18/h1-7,12,18,20H,8-11,13-14H2,(H,24,27)(H,25,28)/t20-/m1/s1. The molecule has 1 aliphatic heterocycles. The number of nitrogens with one attached hydrogen (secondary N) is 2. The molecule has 1 aliphatic carbocycles. The molecule has 0 radical (unpaired) electrons. The van der Waals surface area contributed by atoms with Gasteiger partial charge >= 0.3 is 0 Å². The van der Waals surface area contributed by atoms with Crippen LogP contribution in [0.4, 0.5) is 10.1 Å². The monoisotopic (exact) mass is 397 g/mol. The van der Waals surface area contributed by atoms with E-state index in [0.29, 0.717) is 30.9 Å². The van der Waals surface area contributed by atoms with Crippen molar-refractivity contribution in [3.63, 3.8) is 0 Å². The van der Waals surface area contributed by atoms with E-state index < -0.39 is 0 Å². The van der Waals surface area contributed by atoms with Gasteiger partial charge in [0.1, 0.15) is 5.82 Å². The number of halogens is 1. The zero-order valence-corrected chi connectivity index (χ0v) is 16.1. The second-order valence-electron chi connectivity index (χ2n) is 7.52. The summed E-state index contributed by atoms with van der Waals surface area (Å²) < 4.78 is 18.9. The van der Waals surface area contributed by atoms with Crippen LogP contribution in [0.5, 0.6) is 0 Å². The Morgan fingerprint density at radius 2 is 1.93 bits per heavy atom. The number of morpholine rings is 1. The van der Waals surface area contributed by atoms with Gasteiger partial charge in [-0.3, -0.25) is 14.5 Å². The number of carbonyl (C=O) groups excluding carboxylic acids is 2. The lowest BCUT2D eigenvalue weighted by Crippen LogP contribution is -2.42. The van der Waals surface area contributed by atoms with Gasteiger partial charge in [-0.25, -0.2) is 4.39 Å². The van der Waals surface area contributed by atoms with Crippen molar-refractivity contribution in [1.82, 2.24) is 10.2 Å². The summed E-state index contributed by atoms with van der Waals surface area (Å²) in [5.41, 5.74) is 2.03. The fourth-order valence-electron chi connectivity index (χ4n) is 3.36. The lowest BCUT2D eigenvalue weighted by atomic mass is 10.1. The maximum Gasteiger partial charge on any atom is 0.251 e. The van der Waals surface area contributed by atoms with E-state index in [1.807, 2.05) is 4.90 Å². The molecule has 4 rings (SSSR count). The van der Waals surface area contributed by atoms with Crippen molar-refractivity contribution < 1.29 is 18.7 Å². The van der Waals surface area contributed by atoms with E-state index in [1.54, 1.807) is 36.4 Å². The zero-order valence-electron chi connectivity index (χ0n) is 16.1. The maximum atomic E-state index is 13.1. The minimum Gasteiger partial charge on any atom is -0.371 e. The van der Waals surface area contributed by atoms with Crippen LogP contribution in [-0.2, 0) is 9.53 Å². The molecule has 0 bridgehead atoms. The minimum absolute atomic E-state index is 0.112. The second kappa shape index (κ2) is 8.71. The molecular weight excluding hydrogens is 373 g/mol. The van der Waals surface area contributed by atoms with Gasteiger partial charge in [-0.05, 0) is 48.7 Å². The van der Waals surface area contributed by atoms with Crippen molar-refractivity contribution in [2.45, 2.75) is 25.0 Å². The Morgan fingerprint density at radius 1 is 1.14 bits per heavy atom. The SMILES string of the molecule is O=C(CN1CCO[C@@H](c2ccc(F)cc2)C1)Nc1cccc(C(=O)NC2CC2)c1. The number of benzene rings is 2. The van der Waals surface area contributed by atoms with E-state index >= 15 is 0 Å². The van der Waals surface area contributed by atoms with E-state index in [0.717, 1.165) is 18.4 Å². The summed E-state index contributed by atoms with van der Waals surface area (Å²) in [7, 11) is 0. The van der Waals surface area contributed by atoms with Crippen molar-refractivity contribution in [2.75, 3.05) is 31.6 Å². The van der Waals surface area contributed by atoms with Crippen LogP contribution in [0, 0.1) is 5.82 Å². The Balaban J connectivity index is 1.32. The predicted octanol–water partition coefficient (Wildman–Crippen LogP) is 2.73. The molecule has 29 heavy (non-hydrogen) atoms. The predicted molar refractivity (Wildman–Crippen MR) is 107 cm³/mol. The molecule has 152 valence electrons. The molecule has 0 aromatic heterocycles. The molecule has 1 saturated carbocycles. The summed E-state index contributed by atoms with van der Waals surface area (Å²) >= 11 is 0. The van der Waals surface area contributed by atoms with E-state index in [-0.39, 0.29) is 36.3 Å². The molecular formula is C22H24FN3O3. The van der Waals surface area contributed by atoms with Crippen molar-refractivity contribution >= 4 is 17.5 Å². The van der Waals surface area contributed by atoms with E-state index in [1.165, 1.54) is 12.1 Å². The lowest BCUT2D eigenvalue weighted by Gasteiger charge is -2.32. The number of anilines is 1. The van der Waals surface area contributed by atoms with Crippen molar-refractivity contribution in [2.24, 2.45) is 0 Å². The molecule has 1 saturated heterocycles. The highest BCUT2D eigenvalue weighted by Crippen LogP contribution is 2.23. The third kappa shape index (κ3) is 5.40. The fourth-order valence-corrected chi connectivity index (χ4v) is 3.36. The van der Waals surface area contributed by atoms with Gasteiger partial charge in [0, 0.05) is 30.4 Å². The minimum atomic E-state index is -0.283. The van der Waals surface area contributed by atoms with E-state index in [2.05, 4.69) is 10.6 Å². The average molecular weight is 397 g/mol. The first-order valence-corrected chi connectivity index (χ1v) is 9.87. The molecule has 2 aliphatic rings. The Bertz CT molecular complexity index is 883. The van der Waals surface area contributed by atoms with Gasteiger partial charge in [-0.1, -0.05) is 18.2 Å². The molecule has 0 spiro atoms. The fraction of sp³-hybridized carbons (Fsp3) is 0.364. The van der Waals surface area contributed by atoms with Crippen LogP contribution in [0.2, 0.25) is 0 Å². The van der Waals surface area contributed by atoms with Crippen molar-refractivity contribution in [3.8, 4) is 0 Å². The van der Waals surface area contributed by atoms with Gasteiger partial charge in [0.05, 0.1) is 19.3 Å². The molecule has 2 amide bonds. The van der Waals surface area contributed by atoms with Crippen molar-refractivity contribution in [1.29, 1.82) is 0 Å². The molecule has 1 heterocycles. The highest BCUT2D eigenvalue weighted by atomic mass is 19.1. The largest absolute Gasteiger partial charge is 0.371 e. The molecule has 6 nitrogen and oxygen atoms in total. The zero-order chi connectivity index (χ0) is 20.2. The van der Waals surface area contributed by atoms with Crippen LogP contribution in [0.3, 0.4) is 0 Å². The maximum absolute atomic E-state index is 13.1. The van der Waals surface area contributed by atoms with Gasteiger partial charge in [0.25, 0.3) is 5.91 Å². The summed E-state index contributed by atoms with van der Waals surface area (Å²) in [6, 6.07) is 13.5. The third-order valence-corrected chi connectivity index (χ3v) is 5.08. The molecule has 2 fully saturated rings.